The molecule has 2 rings (SSSR count). The number of rotatable bonds is 2. The van der Waals surface area contributed by atoms with Gasteiger partial charge in [0.25, 0.3) is 5.91 Å². The normalized spacial score (nSPS) is 10.2. The first-order valence-corrected chi connectivity index (χ1v) is 6.01. The molecule has 2 aromatic rings. The molecule has 1 aromatic heterocycles. The van der Waals surface area contributed by atoms with Crippen LogP contribution in [0, 0.1) is 6.92 Å². The average molecular weight is 281 g/mol. The van der Waals surface area contributed by atoms with Crippen molar-refractivity contribution in [3.05, 3.63) is 57.7 Å². The van der Waals surface area contributed by atoms with Crippen molar-refractivity contribution in [2.75, 3.05) is 5.32 Å². The number of aryl methyl sites for hydroxylation is 1. The average Bonchev–Trinajstić information content (AvgIpc) is 2.32. The number of amides is 1. The van der Waals surface area contributed by atoms with Crippen LogP contribution in [0.15, 0.2) is 36.5 Å². The smallest absolute Gasteiger partial charge is 0.256 e. The Morgan fingerprint density at radius 2 is 1.94 bits per heavy atom. The Balaban J connectivity index is 2.19. The summed E-state index contributed by atoms with van der Waals surface area (Å²) in [5.74, 6) is 0.234. The largest absolute Gasteiger partial charge is 0.307 e. The predicted octanol–water partition coefficient (Wildman–Crippen LogP) is 3.95. The highest BCUT2D eigenvalue weighted by Gasteiger charge is 2.08. The molecule has 0 unspecified atom stereocenters. The number of halogens is 2. The molecule has 0 fully saturated rings. The Kier molecular flexibility index (Phi) is 3.84. The molecule has 1 heterocycles. The van der Waals surface area contributed by atoms with E-state index in [1.807, 2.05) is 13.0 Å². The van der Waals surface area contributed by atoms with Gasteiger partial charge in [-0.15, -0.1) is 0 Å². The SMILES string of the molecule is Cc1ccnc(NC(=O)c2ccc(Cl)c(Cl)c2)c1. The molecule has 0 spiro atoms. The zero-order chi connectivity index (χ0) is 13.1. The van der Waals surface area contributed by atoms with Crippen molar-refractivity contribution in [3.63, 3.8) is 0 Å². The van der Waals surface area contributed by atoms with Crippen LogP contribution in [0.2, 0.25) is 10.0 Å². The van der Waals surface area contributed by atoms with Crippen molar-refractivity contribution in [1.82, 2.24) is 4.98 Å². The lowest BCUT2D eigenvalue weighted by Gasteiger charge is -2.05. The van der Waals surface area contributed by atoms with Crippen LogP contribution in [-0.2, 0) is 0 Å². The number of hydrogen-bond donors (Lipinski definition) is 1. The van der Waals surface area contributed by atoms with Gasteiger partial charge in [0, 0.05) is 11.8 Å². The van der Waals surface area contributed by atoms with Gasteiger partial charge in [-0.3, -0.25) is 4.79 Å². The Morgan fingerprint density at radius 3 is 2.61 bits per heavy atom. The van der Waals surface area contributed by atoms with Crippen LogP contribution in [0.3, 0.4) is 0 Å². The first kappa shape index (κ1) is 12.9. The third kappa shape index (κ3) is 3.00. The maximum Gasteiger partial charge on any atom is 0.256 e. The summed E-state index contributed by atoms with van der Waals surface area (Å²) in [6.45, 7) is 1.93. The van der Waals surface area contributed by atoms with E-state index in [9.17, 15) is 4.79 Å². The summed E-state index contributed by atoms with van der Waals surface area (Å²) in [5, 5.41) is 3.46. The van der Waals surface area contributed by atoms with E-state index in [4.69, 9.17) is 23.2 Å². The lowest BCUT2D eigenvalue weighted by molar-refractivity contribution is 0.102. The second-order valence-corrected chi connectivity index (χ2v) is 4.62. The molecule has 0 saturated heterocycles. The van der Waals surface area contributed by atoms with Gasteiger partial charge in [-0.1, -0.05) is 23.2 Å². The fourth-order valence-electron chi connectivity index (χ4n) is 1.43. The first-order valence-electron chi connectivity index (χ1n) is 5.25. The number of anilines is 1. The first-order chi connectivity index (χ1) is 8.56. The Morgan fingerprint density at radius 1 is 1.17 bits per heavy atom. The Labute approximate surface area is 115 Å². The molecule has 92 valence electrons. The van der Waals surface area contributed by atoms with Crippen LogP contribution in [0.5, 0.6) is 0 Å². The minimum absolute atomic E-state index is 0.272. The van der Waals surface area contributed by atoms with Crippen LogP contribution in [0.4, 0.5) is 5.82 Å². The van der Waals surface area contributed by atoms with Gasteiger partial charge in [-0.25, -0.2) is 4.98 Å². The molecule has 0 saturated carbocycles. The van der Waals surface area contributed by atoms with E-state index >= 15 is 0 Å². The van der Waals surface area contributed by atoms with Gasteiger partial charge in [-0.05, 0) is 42.8 Å². The zero-order valence-electron chi connectivity index (χ0n) is 9.58. The van der Waals surface area contributed by atoms with Gasteiger partial charge in [0.15, 0.2) is 0 Å². The number of nitrogens with one attached hydrogen (secondary N) is 1. The molecule has 0 atom stereocenters. The molecule has 0 bridgehead atoms. The highest BCUT2D eigenvalue weighted by Crippen LogP contribution is 2.23. The highest BCUT2D eigenvalue weighted by atomic mass is 35.5. The summed E-state index contributed by atoms with van der Waals surface area (Å²) in [4.78, 5) is 16.0. The molecule has 1 amide bonds. The van der Waals surface area contributed by atoms with Crippen molar-refractivity contribution in [2.45, 2.75) is 6.92 Å². The molecule has 0 aliphatic carbocycles. The molecule has 3 nitrogen and oxygen atoms in total. The lowest BCUT2D eigenvalue weighted by atomic mass is 10.2. The summed E-state index contributed by atoms with van der Waals surface area (Å²) < 4.78 is 0. The molecule has 0 radical (unpaired) electrons. The second-order valence-electron chi connectivity index (χ2n) is 3.80. The minimum Gasteiger partial charge on any atom is -0.307 e. The van der Waals surface area contributed by atoms with Crippen LogP contribution in [0.1, 0.15) is 15.9 Å². The molecular formula is C13H10Cl2N2O. The molecule has 0 aliphatic heterocycles. The van der Waals surface area contributed by atoms with Gasteiger partial charge in [0.05, 0.1) is 10.0 Å². The van der Waals surface area contributed by atoms with Crippen LogP contribution < -0.4 is 5.32 Å². The third-order valence-corrected chi connectivity index (χ3v) is 3.08. The molecule has 1 aromatic carbocycles. The predicted molar refractivity (Wildman–Crippen MR) is 73.4 cm³/mol. The van der Waals surface area contributed by atoms with Gasteiger partial charge in [0.2, 0.25) is 0 Å². The highest BCUT2D eigenvalue weighted by molar-refractivity contribution is 6.42. The van der Waals surface area contributed by atoms with Crippen LogP contribution >= 0.6 is 23.2 Å². The van der Waals surface area contributed by atoms with E-state index < -0.39 is 0 Å². The van der Waals surface area contributed by atoms with Crippen molar-refractivity contribution >= 4 is 34.9 Å². The van der Waals surface area contributed by atoms with Gasteiger partial charge in [0.1, 0.15) is 5.82 Å². The molecule has 5 heteroatoms. The number of pyridine rings is 1. The number of hydrogen-bond acceptors (Lipinski definition) is 2. The molecular weight excluding hydrogens is 271 g/mol. The van der Waals surface area contributed by atoms with Gasteiger partial charge < -0.3 is 5.32 Å². The van der Waals surface area contributed by atoms with E-state index in [0.717, 1.165) is 5.56 Å². The van der Waals surface area contributed by atoms with E-state index in [-0.39, 0.29) is 5.91 Å². The topological polar surface area (TPSA) is 42.0 Å². The summed E-state index contributed by atoms with van der Waals surface area (Å²) in [6, 6.07) is 8.36. The van der Waals surface area contributed by atoms with Crippen molar-refractivity contribution < 1.29 is 4.79 Å². The van der Waals surface area contributed by atoms with Crippen molar-refractivity contribution in [2.24, 2.45) is 0 Å². The third-order valence-electron chi connectivity index (χ3n) is 2.34. The zero-order valence-corrected chi connectivity index (χ0v) is 11.1. The number of carbonyl (C=O) groups excluding carboxylic acids is 1. The fraction of sp³-hybridized carbons (Fsp3) is 0.0769. The quantitative estimate of drug-likeness (QED) is 0.905. The maximum atomic E-state index is 11.9. The fourth-order valence-corrected chi connectivity index (χ4v) is 1.73. The summed E-state index contributed by atoms with van der Waals surface area (Å²) in [7, 11) is 0. The molecule has 18 heavy (non-hydrogen) atoms. The molecule has 1 N–H and O–H groups in total. The van der Waals surface area contributed by atoms with Gasteiger partial charge in [-0.2, -0.15) is 0 Å². The summed E-state index contributed by atoms with van der Waals surface area (Å²) >= 11 is 11.6. The Hall–Kier alpha value is -1.58. The molecule has 0 aliphatic rings. The number of carbonyl (C=O) groups is 1. The summed E-state index contributed by atoms with van der Waals surface area (Å²) in [6.07, 6.45) is 1.64. The van der Waals surface area contributed by atoms with Crippen molar-refractivity contribution in [3.8, 4) is 0 Å². The number of nitrogens with zero attached hydrogens (tertiary/aromatic N) is 1. The van der Waals surface area contributed by atoms with E-state index in [1.165, 1.54) is 6.07 Å². The number of aromatic nitrogens is 1. The second kappa shape index (κ2) is 5.38. The minimum atomic E-state index is -0.272. The summed E-state index contributed by atoms with van der Waals surface area (Å²) in [5.41, 5.74) is 1.46. The standard InChI is InChI=1S/C13H10Cl2N2O/c1-8-4-5-16-12(6-8)17-13(18)9-2-3-10(14)11(15)7-9/h2-7H,1H3,(H,16,17,18). The van der Waals surface area contributed by atoms with E-state index in [2.05, 4.69) is 10.3 Å². The van der Waals surface area contributed by atoms with Gasteiger partial charge >= 0.3 is 0 Å². The Bertz CT molecular complexity index is 599. The van der Waals surface area contributed by atoms with Crippen molar-refractivity contribution in [1.29, 1.82) is 0 Å². The van der Waals surface area contributed by atoms with E-state index in [0.29, 0.717) is 21.4 Å². The number of benzene rings is 1. The lowest BCUT2D eigenvalue weighted by Crippen LogP contribution is -2.12. The van der Waals surface area contributed by atoms with Crippen LogP contribution in [0.25, 0.3) is 0 Å². The monoisotopic (exact) mass is 280 g/mol. The maximum absolute atomic E-state index is 11.9. The van der Waals surface area contributed by atoms with Crippen LogP contribution in [-0.4, -0.2) is 10.9 Å². The van der Waals surface area contributed by atoms with E-state index in [1.54, 1.807) is 24.4 Å².